The fourth-order valence-electron chi connectivity index (χ4n) is 6.45. The number of hydrogen-bond acceptors (Lipinski definition) is 7. The maximum atomic E-state index is 13.6. The third-order valence-electron chi connectivity index (χ3n) is 8.32. The van der Waals surface area contributed by atoms with Gasteiger partial charge in [0.1, 0.15) is 5.57 Å². The molecule has 204 valence electrons. The average molecular weight is 542 g/mol. The number of carbonyl (C=O) groups excluding carboxylic acids is 6. The molecule has 2 aromatic carbocycles. The molecule has 6 rings (SSSR count). The number of hydrogen-bond donors (Lipinski definition) is 1. The molecule has 4 aliphatic heterocycles. The SMILES string of the molecule is Cc1cccc(N2C(=O)NC(=O)/C(=C\c3ccc4c(c3)CC3(C(=O)N(C)C(=O)N(C)C3=O)[C@H]3CCCN43)C2=O)c1. The van der Waals surface area contributed by atoms with Gasteiger partial charge in [-0.25, -0.2) is 14.5 Å². The molecule has 11 heteroatoms. The van der Waals surface area contributed by atoms with Gasteiger partial charge in [0.15, 0.2) is 5.41 Å². The summed E-state index contributed by atoms with van der Waals surface area (Å²) in [6.07, 6.45) is 2.91. The fourth-order valence-corrected chi connectivity index (χ4v) is 6.45. The van der Waals surface area contributed by atoms with Gasteiger partial charge in [0, 0.05) is 26.3 Å². The van der Waals surface area contributed by atoms with E-state index in [1.165, 1.54) is 20.2 Å². The van der Waals surface area contributed by atoms with Crippen LogP contribution in [0.15, 0.2) is 48.0 Å². The first-order chi connectivity index (χ1) is 19.0. The summed E-state index contributed by atoms with van der Waals surface area (Å²) in [6.45, 7) is 2.48. The van der Waals surface area contributed by atoms with Crippen LogP contribution in [0.5, 0.6) is 0 Å². The molecule has 0 saturated carbocycles. The molecular formula is C29H27N5O6. The average Bonchev–Trinajstić information content (AvgIpc) is 3.43. The van der Waals surface area contributed by atoms with Crippen molar-refractivity contribution in [1.82, 2.24) is 15.1 Å². The summed E-state index contributed by atoms with van der Waals surface area (Å²) >= 11 is 0. The molecule has 1 spiro atoms. The van der Waals surface area contributed by atoms with Crippen molar-refractivity contribution in [3.05, 3.63) is 64.7 Å². The van der Waals surface area contributed by atoms with E-state index in [1.54, 1.807) is 30.3 Å². The maximum Gasteiger partial charge on any atom is 0.335 e. The Balaban J connectivity index is 1.41. The van der Waals surface area contributed by atoms with Gasteiger partial charge in [0.2, 0.25) is 11.8 Å². The lowest BCUT2D eigenvalue weighted by Crippen LogP contribution is -2.70. The van der Waals surface area contributed by atoms with Crippen LogP contribution < -0.4 is 15.1 Å². The molecule has 3 fully saturated rings. The number of carbonyl (C=O) groups is 6. The zero-order chi connectivity index (χ0) is 28.5. The molecule has 4 aliphatic rings. The molecule has 0 unspecified atom stereocenters. The molecular weight excluding hydrogens is 514 g/mol. The Morgan fingerprint density at radius 1 is 0.950 bits per heavy atom. The van der Waals surface area contributed by atoms with Crippen LogP contribution in [0, 0.1) is 12.3 Å². The monoisotopic (exact) mass is 541 g/mol. The van der Waals surface area contributed by atoms with Crippen LogP contribution in [0.1, 0.15) is 29.5 Å². The highest BCUT2D eigenvalue weighted by Crippen LogP contribution is 2.49. The zero-order valence-electron chi connectivity index (χ0n) is 22.3. The van der Waals surface area contributed by atoms with Crippen LogP contribution in [0.2, 0.25) is 0 Å². The zero-order valence-corrected chi connectivity index (χ0v) is 22.3. The molecule has 0 aliphatic carbocycles. The Kier molecular flexibility index (Phi) is 5.65. The first-order valence-electron chi connectivity index (χ1n) is 13.0. The van der Waals surface area contributed by atoms with Gasteiger partial charge in [-0.1, -0.05) is 18.2 Å². The number of nitrogens with one attached hydrogen (secondary N) is 1. The third kappa shape index (κ3) is 3.50. The van der Waals surface area contributed by atoms with Crippen molar-refractivity contribution in [3.63, 3.8) is 0 Å². The van der Waals surface area contributed by atoms with Gasteiger partial charge < -0.3 is 4.90 Å². The van der Waals surface area contributed by atoms with Crippen molar-refractivity contribution < 1.29 is 28.8 Å². The molecule has 0 radical (unpaired) electrons. The van der Waals surface area contributed by atoms with Crippen molar-refractivity contribution in [1.29, 1.82) is 0 Å². The summed E-state index contributed by atoms with van der Waals surface area (Å²) in [6, 6.07) is 10.3. The van der Waals surface area contributed by atoms with Crippen molar-refractivity contribution in [3.8, 4) is 0 Å². The van der Waals surface area contributed by atoms with Gasteiger partial charge in [0.25, 0.3) is 11.8 Å². The highest BCUT2D eigenvalue weighted by atomic mass is 16.2. The molecule has 1 N–H and O–H groups in total. The predicted molar refractivity (Wildman–Crippen MR) is 144 cm³/mol. The Labute approximate surface area is 230 Å². The van der Waals surface area contributed by atoms with Crippen LogP contribution in [-0.4, -0.2) is 72.2 Å². The van der Waals surface area contributed by atoms with E-state index in [2.05, 4.69) is 10.2 Å². The lowest BCUT2D eigenvalue weighted by Gasteiger charge is -2.50. The summed E-state index contributed by atoms with van der Waals surface area (Å²) in [5.41, 5.74) is 1.56. The number of rotatable bonds is 2. The third-order valence-corrected chi connectivity index (χ3v) is 8.32. The highest BCUT2D eigenvalue weighted by molar-refractivity contribution is 6.39. The number of imide groups is 4. The smallest absolute Gasteiger partial charge is 0.335 e. The molecule has 0 bridgehead atoms. The molecule has 1 atom stereocenters. The van der Waals surface area contributed by atoms with Crippen molar-refractivity contribution in [2.24, 2.45) is 5.41 Å². The molecule has 11 nitrogen and oxygen atoms in total. The van der Waals surface area contributed by atoms with Crippen LogP contribution in [-0.2, 0) is 25.6 Å². The summed E-state index contributed by atoms with van der Waals surface area (Å²) in [5, 5.41) is 2.23. The van der Waals surface area contributed by atoms with E-state index in [0.29, 0.717) is 29.8 Å². The minimum Gasteiger partial charge on any atom is -0.367 e. The predicted octanol–water partition coefficient (Wildman–Crippen LogP) is 2.22. The van der Waals surface area contributed by atoms with E-state index in [0.717, 1.165) is 32.4 Å². The number of barbiturate groups is 2. The summed E-state index contributed by atoms with van der Waals surface area (Å²) in [5.74, 6) is -2.62. The summed E-state index contributed by atoms with van der Waals surface area (Å²) in [7, 11) is 2.78. The summed E-state index contributed by atoms with van der Waals surface area (Å²) < 4.78 is 0. The lowest BCUT2D eigenvalue weighted by atomic mass is 9.68. The van der Waals surface area contributed by atoms with E-state index in [4.69, 9.17) is 0 Å². The maximum absolute atomic E-state index is 13.6. The largest absolute Gasteiger partial charge is 0.367 e. The Bertz CT molecular complexity index is 1550. The normalized spacial score (nSPS) is 23.3. The van der Waals surface area contributed by atoms with Crippen LogP contribution in [0.3, 0.4) is 0 Å². The molecule has 8 amide bonds. The Morgan fingerprint density at radius 3 is 2.38 bits per heavy atom. The van der Waals surface area contributed by atoms with Gasteiger partial charge in [0.05, 0.1) is 11.7 Å². The summed E-state index contributed by atoms with van der Waals surface area (Å²) in [4.78, 5) is 83.4. The second-order valence-electron chi connectivity index (χ2n) is 10.7. The topological polar surface area (TPSA) is 127 Å². The minimum atomic E-state index is -1.46. The first-order valence-corrected chi connectivity index (χ1v) is 13.0. The van der Waals surface area contributed by atoms with E-state index in [-0.39, 0.29) is 18.0 Å². The highest BCUT2D eigenvalue weighted by Gasteiger charge is 2.63. The van der Waals surface area contributed by atoms with Gasteiger partial charge >= 0.3 is 12.1 Å². The minimum absolute atomic E-state index is 0.0776. The van der Waals surface area contributed by atoms with E-state index >= 15 is 0 Å². The second kappa shape index (κ2) is 8.87. The number of aryl methyl sites for hydroxylation is 1. The van der Waals surface area contributed by atoms with Crippen LogP contribution >= 0.6 is 0 Å². The van der Waals surface area contributed by atoms with Crippen LogP contribution in [0.4, 0.5) is 21.0 Å². The first kappa shape index (κ1) is 25.5. The van der Waals surface area contributed by atoms with Crippen LogP contribution in [0.25, 0.3) is 6.08 Å². The second-order valence-corrected chi connectivity index (χ2v) is 10.7. The number of fused-ring (bicyclic) bond motifs is 4. The fraction of sp³-hybridized carbons (Fsp3) is 0.310. The Hall–Kier alpha value is -4.80. The number of nitrogens with zero attached hydrogens (tertiary/aromatic N) is 4. The van der Waals surface area contributed by atoms with E-state index in [1.807, 2.05) is 19.1 Å². The van der Waals surface area contributed by atoms with Crippen molar-refractivity contribution in [2.75, 3.05) is 30.4 Å². The van der Waals surface area contributed by atoms with Crippen molar-refractivity contribution in [2.45, 2.75) is 32.2 Å². The standard InChI is InChI=1S/C29H27N5O6/c1-16-6-4-7-19(12-16)34-24(36)20(23(35)30-27(34)39)14-17-9-10-21-18(13-17)15-29(22-8-5-11-33(21)22)25(37)31(2)28(40)32(3)26(29)38/h4,6-7,9-10,12-14,22H,5,8,11,15H2,1-3H3,(H,30,35,39)/b20-14+/t22-/m1/s1. The molecule has 40 heavy (non-hydrogen) atoms. The Morgan fingerprint density at radius 2 is 1.68 bits per heavy atom. The number of anilines is 2. The molecule has 4 heterocycles. The van der Waals surface area contributed by atoms with E-state index in [9.17, 15) is 28.8 Å². The van der Waals surface area contributed by atoms with Gasteiger partial charge in [-0.3, -0.25) is 34.3 Å². The molecule has 0 aromatic heterocycles. The quantitative estimate of drug-likeness (QED) is 0.351. The number of amides is 8. The van der Waals surface area contributed by atoms with Gasteiger partial charge in [-0.15, -0.1) is 0 Å². The van der Waals surface area contributed by atoms with Crippen molar-refractivity contribution >= 4 is 53.1 Å². The number of benzene rings is 2. The van der Waals surface area contributed by atoms with E-state index < -0.39 is 41.1 Å². The lowest BCUT2D eigenvalue weighted by molar-refractivity contribution is -0.159. The van der Waals surface area contributed by atoms with Gasteiger partial charge in [-0.2, -0.15) is 0 Å². The number of urea groups is 2. The van der Waals surface area contributed by atoms with Gasteiger partial charge in [-0.05, 0) is 73.2 Å². The molecule has 2 aromatic rings. The molecule has 3 saturated heterocycles.